The van der Waals surface area contributed by atoms with Crippen molar-refractivity contribution in [3.8, 4) is 11.4 Å². The smallest absolute Gasteiger partial charge is 0.272 e. The zero-order chi connectivity index (χ0) is 22.9. The molecule has 2 aromatic rings. The summed E-state index contributed by atoms with van der Waals surface area (Å²) in [5, 5.41) is 2.87. The van der Waals surface area contributed by atoms with Crippen LogP contribution in [-0.4, -0.2) is 46.4 Å². The van der Waals surface area contributed by atoms with Crippen molar-refractivity contribution >= 4 is 11.8 Å². The molecule has 168 valence electrons. The second-order valence-corrected chi connectivity index (χ2v) is 9.33. The third kappa shape index (κ3) is 4.78. The van der Waals surface area contributed by atoms with Crippen LogP contribution in [0, 0.1) is 17.0 Å². The van der Waals surface area contributed by atoms with Crippen molar-refractivity contribution in [2.45, 2.75) is 59.0 Å². The third-order valence-corrected chi connectivity index (χ3v) is 5.59. The zero-order valence-electron chi connectivity index (χ0n) is 18.8. The molecule has 2 amide bonds. The quantitative estimate of drug-likeness (QED) is 0.799. The third-order valence-electron chi connectivity index (χ3n) is 5.59. The van der Waals surface area contributed by atoms with E-state index in [1.165, 1.54) is 11.0 Å². The Hall–Kier alpha value is -2.77. The molecule has 1 aromatic carbocycles. The maximum absolute atomic E-state index is 13.9. The maximum atomic E-state index is 13.9. The first-order chi connectivity index (χ1) is 14.5. The van der Waals surface area contributed by atoms with Gasteiger partial charge in [0, 0.05) is 26.2 Å². The summed E-state index contributed by atoms with van der Waals surface area (Å²) in [7, 11) is 3.30. The first-order valence-corrected chi connectivity index (χ1v) is 10.6. The van der Waals surface area contributed by atoms with E-state index in [1.54, 1.807) is 14.1 Å². The van der Waals surface area contributed by atoms with Gasteiger partial charge in [-0.05, 0) is 42.9 Å². The number of aromatic nitrogens is 2. The van der Waals surface area contributed by atoms with Gasteiger partial charge in [0.15, 0.2) is 11.6 Å². The van der Waals surface area contributed by atoms with Gasteiger partial charge in [0.05, 0.1) is 5.69 Å². The monoisotopic (exact) mass is 432 g/mol. The molecular weight excluding hydrogens is 402 g/mol. The van der Waals surface area contributed by atoms with Crippen LogP contribution >= 0.6 is 0 Å². The van der Waals surface area contributed by atoms with E-state index >= 15 is 0 Å². The Balaban J connectivity index is 2.04. The molecule has 1 aliphatic heterocycles. The van der Waals surface area contributed by atoms with E-state index in [2.05, 4.69) is 10.3 Å². The van der Waals surface area contributed by atoms with E-state index in [1.807, 2.05) is 25.3 Å². The highest BCUT2D eigenvalue weighted by atomic mass is 19.2. The number of carbonyl (C=O) groups is 2. The minimum Gasteiger partial charge on any atom is -0.347 e. The number of carbonyl (C=O) groups excluding carboxylic acids is 2. The molecule has 0 spiro atoms. The average molecular weight is 433 g/mol. The molecule has 0 aliphatic carbocycles. The average Bonchev–Trinajstić information content (AvgIpc) is 2.88. The highest BCUT2D eigenvalue weighted by Crippen LogP contribution is 2.29. The second-order valence-electron chi connectivity index (χ2n) is 9.33. The SMILES string of the molecule is CN(C)C(=O)[C@@H](NC(=O)c1nc(-c2ccc(F)c(F)c2)n2c1CCCCC2)C(C)(C)C. The fraction of sp³-hybridized carbons (Fsp3) is 0.522. The van der Waals surface area contributed by atoms with Crippen LogP contribution in [0.5, 0.6) is 0 Å². The van der Waals surface area contributed by atoms with Crippen molar-refractivity contribution in [1.29, 1.82) is 0 Å². The molecule has 31 heavy (non-hydrogen) atoms. The fourth-order valence-electron chi connectivity index (χ4n) is 3.86. The van der Waals surface area contributed by atoms with Crippen LogP contribution in [0.3, 0.4) is 0 Å². The van der Waals surface area contributed by atoms with Gasteiger partial charge in [0.1, 0.15) is 17.6 Å². The molecule has 0 saturated heterocycles. The van der Waals surface area contributed by atoms with Gasteiger partial charge in [-0.3, -0.25) is 9.59 Å². The lowest BCUT2D eigenvalue weighted by atomic mass is 9.85. The van der Waals surface area contributed by atoms with Gasteiger partial charge in [-0.2, -0.15) is 0 Å². The predicted molar refractivity (Wildman–Crippen MR) is 115 cm³/mol. The van der Waals surface area contributed by atoms with E-state index in [-0.39, 0.29) is 11.6 Å². The molecule has 8 heteroatoms. The molecule has 1 aliphatic rings. The van der Waals surface area contributed by atoms with Crippen molar-refractivity contribution in [3.63, 3.8) is 0 Å². The van der Waals surface area contributed by atoms with Crippen molar-refractivity contribution in [1.82, 2.24) is 19.8 Å². The molecule has 1 aromatic heterocycles. The number of benzene rings is 1. The Morgan fingerprint density at radius 2 is 1.84 bits per heavy atom. The van der Waals surface area contributed by atoms with Gasteiger partial charge in [0.2, 0.25) is 5.91 Å². The van der Waals surface area contributed by atoms with E-state index in [9.17, 15) is 18.4 Å². The summed E-state index contributed by atoms with van der Waals surface area (Å²) >= 11 is 0. The number of rotatable bonds is 4. The molecule has 0 bridgehead atoms. The van der Waals surface area contributed by atoms with Crippen LogP contribution in [0.25, 0.3) is 11.4 Å². The van der Waals surface area contributed by atoms with E-state index < -0.39 is 29.0 Å². The summed E-state index contributed by atoms with van der Waals surface area (Å²) in [6.45, 7) is 6.31. The number of hydrogen-bond donors (Lipinski definition) is 1. The first-order valence-electron chi connectivity index (χ1n) is 10.6. The molecule has 1 N–H and O–H groups in total. The minimum atomic E-state index is -0.959. The summed E-state index contributed by atoms with van der Waals surface area (Å²) in [6.07, 6.45) is 3.47. The van der Waals surface area contributed by atoms with Gasteiger partial charge in [-0.15, -0.1) is 0 Å². The Bertz CT molecular complexity index is 992. The fourth-order valence-corrected chi connectivity index (χ4v) is 3.86. The van der Waals surface area contributed by atoms with Crippen LogP contribution in [0.1, 0.15) is 56.2 Å². The van der Waals surface area contributed by atoms with Crippen molar-refractivity contribution in [3.05, 3.63) is 41.2 Å². The Labute approximate surface area is 181 Å². The second kappa shape index (κ2) is 8.77. The molecule has 3 rings (SSSR count). The number of nitrogens with one attached hydrogen (secondary N) is 1. The Morgan fingerprint density at radius 1 is 1.13 bits per heavy atom. The summed E-state index contributed by atoms with van der Waals surface area (Å²) in [5.74, 6) is -2.09. The van der Waals surface area contributed by atoms with Crippen LogP contribution in [0.2, 0.25) is 0 Å². The normalized spacial score (nSPS) is 15.1. The number of hydrogen-bond acceptors (Lipinski definition) is 3. The number of amides is 2. The Morgan fingerprint density at radius 3 is 2.45 bits per heavy atom. The number of likely N-dealkylation sites (N-methyl/N-ethyl adjacent to an activating group) is 1. The van der Waals surface area contributed by atoms with Crippen molar-refractivity contribution in [2.75, 3.05) is 14.1 Å². The van der Waals surface area contributed by atoms with Crippen molar-refractivity contribution < 1.29 is 18.4 Å². The molecule has 0 unspecified atom stereocenters. The Kier molecular flexibility index (Phi) is 6.48. The highest BCUT2D eigenvalue weighted by molar-refractivity contribution is 5.97. The number of imidazole rings is 1. The zero-order valence-corrected chi connectivity index (χ0v) is 18.8. The predicted octanol–water partition coefficient (Wildman–Crippen LogP) is 3.79. The lowest BCUT2D eigenvalue weighted by Crippen LogP contribution is -2.53. The van der Waals surface area contributed by atoms with Crippen LogP contribution in [-0.2, 0) is 17.8 Å². The lowest BCUT2D eigenvalue weighted by molar-refractivity contribution is -0.133. The molecular formula is C23H30F2N4O2. The largest absolute Gasteiger partial charge is 0.347 e. The molecule has 1 atom stereocenters. The van der Waals surface area contributed by atoms with Gasteiger partial charge in [0.25, 0.3) is 5.91 Å². The summed E-state index contributed by atoms with van der Waals surface area (Å²) in [6, 6.07) is 2.90. The number of fused-ring (bicyclic) bond motifs is 1. The van der Waals surface area contributed by atoms with Gasteiger partial charge >= 0.3 is 0 Å². The van der Waals surface area contributed by atoms with Gasteiger partial charge < -0.3 is 14.8 Å². The molecule has 0 radical (unpaired) electrons. The summed E-state index contributed by atoms with van der Waals surface area (Å²) in [5.41, 5.74) is 0.913. The molecule has 0 fully saturated rings. The van der Waals surface area contributed by atoms with Crippen LogP contribution in [0.4, 0.5) is 8.78 Å². The molecule has 6 nitrogen and oxygen atoms in total. The summed E-state index contributed by atoms with van der Waals surface area (Å²) < 4.78 is 29.2. The van der Waals surface area contributed by atoms with Gasteiger partial charge in [-0.25, -0.2) is 13.8 Å². The van der Waals surface area contributed by atoms with Crippen LogP contribution < -0.4 is 5.32 Å². The highest BCUT2D eigenvalue weighted by Gasteiger charge is 2.35. The van der Waals surface area contributed by atoms with Gasteiger partial charge in [-0.1, -0.05) is 27.2 Å². The summed E-state index contributed by atoms with van der Waals surface area (Å²) in [4.78, 5) is 32.0. The topological polar surface area (TPSA) is 67.2 Å². The first kappa shape index (κ1) is 22.9. The van der Waals surface area contributed by atoms with E-state index in [0.29, 0.717) is 24.4 Å². The number of nitrogens with zero attached hydrogens (tertiary/aromatic N) is 3. The van der Waals surface area contributed by atoms with E-state index in [0.717, 1.165) is 37.1 Å². The number of halogens is 2. The van der Waals surface area contributed by atoms with E-state index in [4.69, 9.17) is 0 Å². The maximum Gasteiger partial charge on any atom is 0.272 e. The lowest BCUT2D eigenvalue weighted by Gasteiger charge is -2.32. The van der Waals surface area contributed by atoms with Crippen molar-refractivity contribution in [2.24, 2.45) is 5.41 Å². The van der Waals surface area contributed by atoms with Crippen LogP contribution in [0.15, 0.2) is 18.2 Å². The molecule has 2 heterocycles. The minimum absolute atomic E-state index is 0.202. The standard InChI is InChI=1S/C23H30F2N4O2/c1-23(2,3)19(22(31)28(4)5)27-21(30)18-17-9-7-6-8-12-29(17)20(26-18)14-10-11-15(24)16(25)13-14/h10-11,13,19H,6-9,12H2,1-5H3,(H,27,30)/t19-/m1/s1. The molecule has 0 saturated carbocycles.